The van der Waals surface area contributed by atoms with Crippen molar-refractivity contribution in [2.45, 2.75) is 20.0 Å². The van der Waals surface area contributed by atoms with Gasteiger partial charge in [0.05, 0.1) is 12.1 Å². The van der Waals surface area contributed by atoms with Gasteiger partial charge in [-0.15, -0.1) is 23.7 Å². The van der Waals surface area contributed by atoms with Gasteiger partial charge in [-0.1, -0.05) is 24.3 Å². The molecule has 0 aliphatic carbocycles. The molecule has 2 aromatic carbocycles. The number of carbonyl (C=O) groups is 2. The van der Waals surface area contributed by atoms with E-state index in [2.05, 4.69) is 5.32 Å². The van der Waals surface area contributed by atoms with Crippen LogP contribution >= 0.6 is 23.7 Å². The lowest BCUT2D eigenvalue weighted by Crippen LogP contribution is -2.38. The highest BCUT2D eigenvalue weighted by Crippen LogP contribution is 2.18. The van der Waals surface area contributed by atoms with Gasteiger partial charge in [0, 0.05) is 18.3 Å². The number of nitrogens with one attached hydrogen (secondary N) is 1. The molecule has 8 nitrogen and oxygen atoms in total. The van der Waals surface area contributed by atoms with E-state index >= 15 is 0 Å². The molecule has 0 aliphatic rings. The minimum absolute atomic E-state index is 0. The average Bonchev–Trinajstić information content (AvgIpc) is 3.26. The number of aromatic carboxylic acids is 1. The van der Waals surface area contributed by atoms with E-state index in [1.54, 1.807) is 31.2 Å². The number of amides is 1. The van der Waals surface area contributed by atoms with Crippen LogP contribution in [0.4, 0.5) is 4.39 Å². The number of aromatic nitrogens is 2. The van der Waals surface area contributed by atoms with Gasteiger partial charge in [0.1, 0.15) is 15.5 Å². The molecule has 2 N–H and O–H groups in total. The molecule has 0 fully saturated rings. The number of benzene rings is 2. The summed E-state index contributed by atoms with van der Waals surface area (Å²) in [5.74, 6) is -1.86. The van der Waals surface area contributed by atoms with E-state index in [1.807, 2.05) is 0 Å². The number of rotatable bonds is 6. The third kappa shape index (κ3) is 4.92. The Morgan fingerprint density at radius 2 is 1.65 bits per heavy atom. The molecule has 0 spiro atoms. The van der Waals surface area contributed by atoms with Crippen molar-refractivity contribution in [3.05, 3.63) is 109 Å². The molecule has 2 aromatic heterocycles. The first-order chi connectivity index (χ1) is 15.7. The Hall–Kier alpha value is -3.76. The van der Waals surface area contributed by atoms with E-state index in [0.717, 1.165) is 15.9 Å². The van der Waals surface area contributed by atoms with Gasteiger partial charge < -0.3 is 10.4 Å². The van der Waals surface area contributed by atoms with E-state index in [1.165, 1.54) is 34.9 Å². The van der Waals surface area contributed by atoms with Gasteiger partial charge in [-0.25, -0.2) is 14.0 Å². The Labute approximate surface area is 202 Å². The number of halogens is 2. The fourth-order valence-electron chi connectivity index (χ4n) is 3.32. The van der Waals surface area contributed by atoms with Gasteiger partial charge in [-0.05, 0) is 42.3 Å². The van der Waals surface area contributed by atoms with Crippen LogP contribution in [0.15, 0.2) is 64.3 Å². The number of thiazole rings is 1. The molecule has 0 unspecified atom stereocenters. The van der Waals surface area contributed by atoms with Crippen LogP contribution in [0, 0.1) is 12.7 Å². The van der Waals surface area contributed by atoms with E-state index in [9.17, 15) is 23.6 Å². The summed E-state index contributed by atoms with van der Waals surface area (Å²) in [7, 11) is 0. The van der Waals surface area contributed by atoms with Gasteiger partial charge in [-0.3, -0.25) is 18.6 Å². The molecule has 4 rings (SSSR count). The highest BCUT2D eigenvalue weighted by atomic mass is 35.5. The highest BCUT2D eigenvalue weighted by molar-refractivity contribution is 7.19. The number of carboxylic acids is 1. The lowest BCUT2D eigenvalue weighted by atomic mass is 10.1. The maximum Gasteiger partial charge on any atom is 0.336 e. The average molecular weight is 504 g/mol. The summed E-state index contributed by atoms with van der Waals surface area (Å²) < 4.78 is 15.3. The number of aryl methyl sites for hydroxylation is 1. The predicted molar refractivity (Wildman–Crippen MR) is 128 cm³/mol. The second-order valence-corrected chi connectivity index (χ2v) is 8.41. The maximum absolute atomic E-state index is 13.0. The zero-order chi connectivity index (χ0) is 23.7. The van der Waals surface area contributed by atoms with Crippen molar-refractivity contribution in [3.63, 3.8) is 0 Å². The number of fused-ring (bicyclic) bond motifs is 1. The summed E-state index contributed by atoms with van der Waals surface area (Å²) in [4.78, 5) is 50.1. The molecule has 2 heterocycles. The fraction of sp³-hybridized carbons (Fsp3) is 0.130. The van der Waals surface area contributed by atoms with Crippen LogP contribution in [0.5, 0.6) is 0 Å². The van der Waals surface area contributed by atoms with Crippen molar-refractivity contribution in [2.75, 3.05) is 0 Å². The smallest absolute Gasteiger partial charge is 0.336 e. The Balaban J connectivity index is 0.00000324. The fourth-order valence-corrected chi connectivity index (χ4v) is 4.32. The molecule has 11 heteroatoms. The first-order valence-corrected chi connectivity index (χ1v) is 10.7. The van der Waals surface area contributed by atoms with Crippen LogP contribution in [-0.2, 0) is 13.1 Å². The van der Waals surface area contributed by atoms with Gasteiger partial charge >= 0.3 is 11.7 Å². The number of hydrogen-bond donors (Lipinski definition) is 2. The first kappa shape index (κ1) is 24.9. The van der Waals surface area contributed by atoms with E-state index < -0.39 is 23.1 Å². The summed E-state index contributed by atoms with van der Waals surface area (Å²) in [6.45, 7) is 1.72. The van der Waals surface area contributed by atoms with Crippen molar-refractivity contribution in [1.82, 2.24) is 14.3 Å². The minimum Gasteiger partial charge on any atom is -0.478 e. The van der Waals surface area contributed by atoms with E-state index in [0.29, 0.717) is 21.5 Å². The molecule has 0 atom stereocenters. The topological polar surface area (TPSA) is 110 Å². The summed E-state index contributed by atoms with van der Waals surface area (Å²) in [5.41, 5.74) is 0.640. The van der Waals surface area contributed by atoms with Crippen LogP contribution in [0.2, 0.25) is 0 Å². The zero-order valence-electron chi connectivity index (χ0n) is 17.8. The van der Waals surface area contributed by atoms with Crippen LogP contribution in [-0.4, -0.2) is 26.0 Å². The summed E-state index contributed by atoms with van der Waals surface area (Å²) in [6.07, 6.45) is 1.39. The predicted octanol–water partition coefficient (Wildman–Crippen LogP) is 3.07. The summed E-state index contributed by atoms with van der Waals surface area (Å²) >= 11 is 1.03. The first-order valence-electron chi connectivity index (χ1n) is 9.85. The molecule has 34 heavy (non-hydrogen) atoms. The number of carbonyl (C=O) groups excluding carboxylic acids is 1. The molecular weight excluding hydrogens is 485 g/mol. The molecule has 0 saturated carbocycles. The molecule has 0 bridgehead atoms. The van der Waals surface area contributed by atoms with Crippen molar-refractivity contribution in [3.8, 4) is 0 Å². The molecule has 176 valence electrons. The van der Waals surface area contributed by atoms with Gasteiger partial charge in [0.15, 0.2) is 0 Å². The Kier molecular flexibility index (Phi) is 7.33. The van der Waals surface area contributed by atoms with Crippen molar-refractivity contribution in [1.29, 1.82) is 0 Å². The number of hydrogen-bond acceptors (Lipinski definition) is 5. The minimum atomic E-state index is -1.07. The van der Waals surface area contributed by atoms with Crippen molar-refractivity contribution >= 4 is 40.5 Å². The summed E-state index contributed by atoms with van der Waals surface area (Å²) in [6, 6.07) is 11.6. The van der Waals surface area contributed by atoms with Crippen LogP contribution in [0.3, 0.4) is 0 Å². The Morgan fingerprint density at radius 3 is 2.26 bits per heavy atom. The van der Waals surface area contributed by atoms with Crippen molar-refractivity contribution < 1.29 is 19.1 Å². The molecule has 0 saturated heterocycles. The lowest BCUT2D eigenvalue weighted by molar-refractivity contribution is 0.0696. The third-order valence-corrected chi connectivity index (χ3v) is 6.33. The largest absolute Gasteiger partial charge is 0.478 e. The van der Waals surface area contributed by atoms with Gasteiger partial charge in [0.2, 0.25) is 0 Å². The third-order valence-electron chi connectivity index (χ3n) is 5.13. The standard InChI is InChI=1S/C23H18FN3O5S.ClH/c1-13-20(29)26(11-15-2-6-16(7-3-15)22(30)31)23(32)27-12-18(33-21(13)27)19(28)25-10-14-4-8-17(24)9-5-14;/h2-9,12H,10-11H2,1H3,(H,25,28)(H,30,31);1H. The lowest BCUT2D eigenvalue weighted by Gasteiger charge is -2.08. The number of nitrogens with zero attached hydrogens (tertiary/aromatic N) is 2. The molecular formula is C23H19ClFN3O5S. The second kappa shape index (κ2) is 10.0. The van der Waals surface area contributed by atoms with Crippen LogP contribution < -0.4 is 16.6 Å². The van der Waals surface area contributed by atoms with Gasteiger partial charge in [-0.2, -0.15) is 0 Å². The summed E-state index contributed by atoms with van der Waals surface area (Å²) in [5, 5.41) is 11.7. The zero-order valence-corrected chi connectivity index (χ0v) is 19.4. The monoisotopic (exact) mass is 503 g/mol. The van der Waals surface area contributed by atoms with E-state index in [4.69, 9.17) is 5.11 Å². The SMILES string of the molecule is Cc1c(=O)n(Cc2ccc(C(=O)O)cc2)c(=O)n2cc(C(=O)NCc3ccc(F)cc3)sc12.Cl. The van der Waals surface area contributed by atoms with E-state index in [-0.39, 0.29) is 41.8 Å². The highest BCUT2D eigenvalue weighted by Gasteiger charge is 2.18. The second-order valence-electron chi connectivity index (χ2n) is 7.38. The molecule has 4 aromatic rings. The Bertz CT molecular complexity index is 1490. The molecule has 0 aliphatic heterocycles. The van der Waals surface area contributed by atoms with Crippen LogP contribution in [0.25, 0.3) is 4.83 Å². The quantitative estimate of drug-likeness (QED) is 0.420. The Morgan fingerprint density at radius 1 is 1.03 bits per heavy atom. The molecule has 0 radical (unpaired) electrons. The van der Waals surface area contributed by atoms with Gasteiger partial charge in [0.25, 0.3) is 11.5 Å². The maximum atomic E-state index is 13.0. The molecule has 1 amide bonds. The van der Waals surface area contributed by atoms with Crippen LogP contribution in [0.1, 0.15) is 36.7 Å². The normalized spacial score (nSPS) is 10.6. The number of carboxylic acid groups (broad SMARTS) is 1. The van der Waals surface area contributed by atoms with Crippen molar-refractivity contribution in [2.24, 2.45) is 0 Å².